The fraction of sp³-hybridized carbons (Fsp3) is 0.200. The van der Waals surface area contributed by atoms with Crippen LogP contribution < -0.4 is 25.4 Å². The second kappa shape index (κ2) is 14.7. The first-order valence-corrected chi connectivity index (χ1v) is 14.2. The molecule has 4 rings (SSSR count). The standard InChI is InChI=1S/C35H35N3O7/c1-21(39)23-9-13-25(14-10-23)37-35(43)38-26-15-11-24(12-16-26)27(17-18-36-34(42)28-7-5-6-8-31(28)41)30-20-33(45-4)32(44-3)19-29(30)22(2)40/h5-16,19-20,27,41H,17-18H2,1-4H3,(H,36,42)(H2,37,38,43). The maximum atomic E-state index is 12.8. The van der Waals surface area contributed by atoms with Gasteiger partial charge in [0, 0.05) is 35.0 Å². The number of hydrogen-bond acceptors (Lipinski definition) is 7. The molecule has 0 bridgehead atoms. The molecule has 0 fully saturated rings. The van der Waals surface area contributed by atoms with Crippen molar-refractivity contribution in [3.05, 3.63) is 113 Å². The van der Waals surface area contributed by atoms with Gasteiger partial charge in [0.1, 0.15) is 5.75 Å². The number of amides is 3. The number of Topliss-reactive ketones (excluding diaryl/α,β-unsaturated/α-hetero) is 2. The number of phenolic OH excluding ortho intramolecular Hbond substituents is 1. The molecule has 0 radical (unpaired) electrons. The Bertz CT molecular complexity index is 1700. The minimum atomic E-state index is -0.458. The smallest absolute Gasteiger partial charge is 0.323 e. The summed E-state index contributed by atoms with van der Waals surface area (Å²) in [5.41, 5.74) is 3.73. The highest BCUT2D eigenvalue weighted by molar-refractivity contribution is 6.01. The highest BCUT2D eigenvalue weighted by Gasteiger charge is 2.24. The van der Waals surface area contributed by atoms with Crippen molar-refractivity contribution in [1.82, 2.24) is 5.32 Å². The van der Waals surface area contributed by atoms with E-state index < -0.39 is 11.9 Å². The number of carbonyl (C=O) groups excluding carboxylic acids is 4. The van der Waals surface area contributed by atoms with Crippen LogP contribution in [0.3, 0.4) is 0 Å². The van der Waals surface area contributed by atoms with E-state index in [9.17, 15) is 24.3 Å². The van der Waals surface area contributed by atoms with Gasteiger partial charge in [-0.3, -0.25) is 14.4 Å². The first-order chi connectivity index (χ1) is 21.6. The van der Waals surface area contributed by atoms with Gasteiger partial charge in [-0.1, -0.05) is 24.3 Å². The van der Waals surface area contributed by atoms with Gasteiger partial charge in [-0.25, -0.2) is 4.79 Å². The molecule has 4 aromatic carbocycles. The molecular formula is C35H35N3O7. The van der Waals surface area contributed by atoms with Gasteiger partial charge < -0.3 is 30.5 Å². The molecule has 0 aromatic heterocycles. The third-order valence-corrected chi connectivity index (χ3v) is 7.30. The van der Waals surface area contributed by atoms with Gasteiger partial charge in [0.2, 0.25) is 0 Å². The van der Waals surface area contributed by atoms with Crippen LogP contribution in [0.15, 0.2) is 84.9 Å². The summed E-state index contributed by atoms with van der Waals surface area (Å²) in [6.07, 6.45) is 0.401. The Hall–Kier alpha value is -5.64. The maximum Gasteiger partial charge on any atom is 0.323 e. The van der Waals surface area contributed by atoms with Gasteiger partial charge in [0.15, 0.2) is 23.1 Å². The van der Waals surface area contributed by atoms with Crippen molar-refractivity contribution < 1.29 is 33.8 Å². The number of anilines is 2. The van der Waals surface area contributed by atoms with Gasteiger partial charge in [-0.05, 0) is 92.1 Å². The van der Waals surface area contributed by atoms with Crippen molar-refractivity contribution in [2.24, 2.45) is 0 Å². The third kappa shape index (κ3) is 8.05. The Morgan fingerprint density at radius 3 is 1.87 bits per heavy atom. The number of ketones is 2. The van der Waals surface area contributed by atoms with Gasteiger partial charge in [0.05, 0.1) is 19.8 Å². The summed E-state index contributed by atoms with van der Waals surface area (Å²) < 4.78 is 11.0. The molecule has 1 atom stereocenters. The van der Waals surface area contributed by atoms with Crippen LogP contribution in [0.2, 0.25) is 0 Å². The minimum absolute atomic E-state index is 0.0641. The van der Waals surface area contributed by atoms with Crippen molar-refractivity contribution in [2.45, 2.75) is 26.2 Å². The van der Waals surface area contributed by atoms with E-state index >= 15 is 0 Å². The van der Waals surface area contributed by atoms with Crippen LogP contribution in [0.25, 0.3) is 0 Å². The van der Waals surface area contributed by atoms with E-state index in [0.717, 1.165) is 5.56 Å². The molecule has 0 saturated carbocycles. The van der Waals surface area contributed by atoms with Gasteiger partial charge in [-0.15, -0.1) is 0 Å². The number of benzene rings is 4. The molecule has 3 amide bonds. The molecule has 4 aromatic rings. The first kappa shape index (κ1) is 32.3. The number of methoxy groups -OCH3 is 2. The zero-order valence-corrected chi connectivity index (χ0v) is 25.5. The van der Waals surface area contributed by atoms with Crippen LogP contribution in [0.1, 0.15) is 68.4 Å². The van der Waals surface area contributed by atoms with Crippen LogP contribution in [0.5, 0.6) is 17.2 Å². The molecule has 0 aliphatic rings. The van der Waals surface area contributed by atoms with E-state index in [4.69, 9.17) is 9.47 Å². The summed E-state index contributed by atoms with van der Waals surface area (Å²) >= 11 is 0. The second-order valence-electron chi connectivity index (χ2n) is 10.3. The van der Waals surface area contributed by atoms with Gasteiger partial charge in [0.25, 0.3) is 5.91 Å². The highest BCUT2D eigenvalue weighted by atomic mass is 16.5. The molecule has 0 aliphatic carbocycles. The Balaban J connectivity index is 1.58. The average molecular weight is 610 g/mol. The molecule has 10 nitrogen and oxygen atoms in total. The third-order valence-electron chi connectivity index (χ3n) is 7.30. The molecule has 45 heavy (non-hydrogen) atoms. The topological polar surface area (TPSA) is 143 Å². The number of rotatable bonds is 12. The molecule has 10 heteroatoms. The highest BCUT2D eigenvalue weighted by Crippen LogP contribution is 2.38. The largest absolute Gasteiger partial charge is 0.507 e. The van der Waals surface area contributed by atoms with E-state index in [2.05, 4.69) is 16.0 Å². The lowest BCUT2D eigenvalue weighted by Crippen LogP contribution is -2.26. The Kier molecular flexibility index (Phi) is 10.5. The molecule has 0 aliphatic heterocycles. The van der Waals surface area contributed by atoms with E-state index in [1.807, 2.05) is 12.1 Å². The second-order valence-corrected chi connectivity index (χ2v) is 10.3. The molecule has 0 saturated heterocycles. The minimum Gasteiger partial charge on any atom is -0.507 e. The van der Waals surface area contributed by atoms with Gasteiger partial charge in [-0.2, -0.15) is 0 Å². The molecule has 4 N–H and O–H groups in total. The monoisotopic (exact) mass is 609 g/mol. The summed E-state index contributed by atoms with van der Waals surface area (Å²) in [7, 11) is 3.01. The fourth-order valence-corrected chi connectivity index (χ4v) is 4.96. The lowest BCUT2D eigenvalue weighted by molar-refractivity contribution is 0.0947. The number of nitrogens with one attached hydrogen (secondary N) is 3. The lowest BCUT2D eigenvalue weighted by Gasteiger charge is -2.23. The van der Waals surface area contributed by atoms with E-state index in [-0.39, 0.29) is 35.3 Å². The number of phenols is 1. The lowest BCUT2D eigenvalue weighted by atomic mass is 9.84. The summed E-state index contributed by atoms with van der Waals surface area (Å²) in [6, 6.07) is 23.0. The van der Waals surface area contributed by atoms with Crippen LogP contribution in [0, 0.1) is 0 Å². The Morgan fingerprint density at radius 2 is 1.31 bits per heavy atom. The number of aromatic hydroxyl groups is 1. The van der Waals surface area contributed by atoms with E-state index in [1.54, 1.807) is 60.7 Å². The Morgan fingerprint density at radius 1 is 0.733 bits per heavy atom. The summed E-state index contributed by atoms with van der Waals surface area (Å²) in [5, 5.41) is 18.5. The molecule has 0 heterocycles. The van der Waals surface area contributed by atoms with Crippen molar-refractivity contribution in [2.75, 3.05) is 31.4 Å². The number of urea groups is 1. The SMILES string of the molecule is COc1cc(C(C)=O)c(C(CCNC(=O)c2ccccc2O)c2ccc(NC(=O)Nc3ccc(C(C)=O)cc3)cc2)cc1OC. The predicted octanol–water partition coefficient (Wildman–Crippen LogP) is 6.41. The Labute approximate surface area is 261 Å². The molecule has 1 unspecified atom stereocenters. The maximum absolute atomic E-state index is 12.8. The van der Waals surface area contributed by atoms with Crippen molar-refractivity contribution in [3.63, 3.8) is 0 Å². The normalized spacial score (nSPS) is 11.2. The van der Waals surface area contributed by atoms with Gasteiger partial charge >= 0.3 is 6.03 Å². The summed E-state index contributed by atoms with van der Waals surface area (Å²) in [6.45, 7) is 3.18. The van der Waals surface area contributed by atoms with Crippen LogP contribution in [0.4, 0.5) is 16.2 Å². The predicted molar refractivity (Wildman–Crippen MR) is 172 cm³/mol. The van der Waals surface area contributed by atoms with Crippen molar-refractivity contribution in [3.8, 4) is 17.2 Å². The zero-order valence-electron chi connectivity index (χ0n) is 25.5. The molecular weight excluding hydrogens is 574 g/mol. The number of ether oxygens (including phenoxy) is 2. The molecule has 232 valence electrons. The quantitative estimate of drug-likeness (QED) is 0.136. The average Bonchev–Trinajstić information content (AvgIpc) is 3.03. The number of carbonyl (C=O) groups is 4. The zero-order chi connectivity index (χ0) is 32.5. The van der Waals surface area contributed by atoms with Crippen LogP contribution in [-0.4, -0.2) is 49.4 Å². The van der Waals surface area contributed by atoms with Crippen molar-refractivity contribution in [1.29, 1.82) is 0 Å². The van der Waals surface area contributed by atoms with Crippen molar-refractivity contribution >= 4 is 34.9 Å². The summed E-state index contributed by atoms with van der Waals surface area (Å²) in [4.78, 5) is 49.7. The first-order valence-electron chi connectivity index (χ1n) is 14.2. The fourth-order valence-electron chi connectivity index (χ4n) is 4.96. The number of hydrogen-bond donors (Lipinski definition) is 4. The summed E-state index contributed by atoms with van der Waals surface area (Å²) in [5.74, 6) is -0.271. The van der Waals surface area contributed by atoms with Crippen LogP contribution in [-0.2, 0) is 0 Å². The molecule has 0 spiro atoms. The van der Waals surface area contributed by atoms with E-state index in [1.165, 1.54) is 40.2 Å². The van der Waals surface area contributed by atoms with E-state index in [0.29, 0.717) is 46.0 Å². The van der Waals surface area contributed by atoms with Crippen LogP contribution >= 0.6 is 0 Å². The number of para-hydroxylation sites is 1.